The molecule has 0 saturated carbocycles. The summed E-state index contributed by atoms with van der Waals surface area (Å²) >= 11 is 0. The molecule has 0 aliphatic rings. The number of carbonyl (C=O) groups is 1. The Balaban J connectivity index is 1.75. The van der Waals surface area contributed by atoms with Gasteiger partial charge in [-0.05, 0) is 29.8 Å². The Kier molecular flexibility index (Phi) is 6.89. The number of amides is 1. The van der Waals surface area contributed by atoms with Gasteiger partial charge in [-0.3, -0.25) is 4.79 Å². The van der Waals surface area contributed by atoms with Gasteiger partial charge in [0.05, 0.1) is 26.0 Å². The summed E-state index contributed by atoms with van der Waals surface area (Å²) in [6.45, 7) is 0.371. The van der Waals surface area contributed by atoms with Gasteiger partial charge >= 0.3 is 0 Å². The van der Waals surface area contributed by atoms with Crippen molar-refractivity contribution in [2.24, 2.45) is 5.10 Å². The first-order valence-electron chi connectivity index (χ1n) is 9.23. The predicted octanol–water partition coefficient (Wildman–Crippen LogP) is 3.63. The topological polar surface area (TPSA) is 95.2 Å². The van der Waals surface area contributed by atoms with Crippen LogP contribution in [-0.2, 0) is 6.61 Å². The number of nitrogens with one attached hydrogen (secondary N) is 1. The van der Waals surface area contributed by atoms with E-state index in [9.17, 15) is 4.79 Å². The number of para-hydroxylation sites is 1. The Morgan fingerprint density at radius 1 is 1.00 bits per heavy atom. The van der Waals surface area contributed by atoms with Crippen molar-refractivity contribution in [3.63, 3.8) is 0 Å². The maximum Gasteiger partial charge on any atom is 0.273 e. The van der Waals surface area contributed by atoms with Crippen molar-refractivity contribution in [1.29, 1.82) is 0 Å². The fraction of sp³-hybridized carbons (Fsp3) is 0.130. The number of hydrazone groups is 1. The van der Waals surface area contributed by atoms with Gasteiger partial charge in [-0.2, -0.15) is 5.10 Å². The SMILES string of the molecule is COc1cc(/C=N\NC(=O)c2ccccc2N)cc(OC)c1OCc1ccccc1. The first-order chi connectivity index (χ1) is 14.6. The van der Waals surface area contributed by atoms with Gasteiger partial charge in [0.25, 0.3) is 5.91 Å². The highest BCUT2D eigenvalue weighted by atomic mass is 16.5. The highest BCUT2D eigenvalue weighted by Crippen LogP contribution is 2.38. The average molecular weight is 405 g/mol. The van der Waals surface area contributed by atoms with Crippen molar-refractivity contribution in [2.45, 2.75) is 6.61 Å². The molecule has 0 saturated heterocycles. The number of hydrogen-bond donors (Lipinski definition) is 2. The van der Waals surface area contributed by atoms with Gasteiger partial charge in [0.15, 0.2) is 11.5 Å². The molecule has 0 radical (unpaired) electrons. The second-order valence-electron chi connectivity index (χ2n) is 6.32. The summed E-state index contributed by atoms with van der Waals surface area (Å²) in [5, 5.41) is 4.00. The van der Waals surface area contributed by atoms with Crippen molar-refractivity contribution in [3.8, 4) is 17.2 Å². The lowest BCUT2D eigenvalue weighted by Crippen LogP contribution is -2.19. The van der Waals surface area contributed by atoms with Crippen LogP contribution in [0.1, 0.15) is 21.5 Å². The van der Waals surface area contributed by atoms with Crippen LogP contribution in [0.2, 0.25) is 0 Å². The van der Waals surface area contributed by atoms with Crippen molar-refractivity contribution in [1.82, 2.24) is 5.43 Å². The third kappa shape index (κ3) is 5.08. The molecule has 0 fully saturated rings. The Morgan fingerprint density at radius 3 is 2.27 bits per heavy atom. The minimum Gasteiger partial charge on any atom is -0.493 e. The number of carbonyl (C=O) groups excluding carboxylic acids is 1. The van der Waals surface area contributed by atoms with Crippen LogP contribution in [0.4, 0.5) is 5.69 Å². The van der Waals surface area contributed by atoms with Crippen molar-refractivity contribution < 1.29 is 19.0 Å². The number of hydrogen-bond acceptors (Lipinski definition) is 6. The molecule has 3 N–H and O–H groups in total. The molecule has 0 unspecified atom stereocenters. The van der Waals surface area contributed by atoms with E-state index in [4.69, 9.17) is 19.9 Å². The second-order valence-corrected chi connectivity index (χ2v) is 6.32. The number of nitrogens with zero attached hydrogens (tertiary/aromatic N) is 1. The van der Waals surface area contributed by atoms with Crippen LogP contribution in [0.5, 0.6) is 17.2 Å². The van der Waals surface area contributed by atoms with E-state index < -0.39 is 5.91 Å². The average Bonchev–Trinajstić information content (AvgIpc) is 2.78. The molecule has 3 rings (SSSR count). The van der Waals surface area contributed by atoms with E-state index in [1.807, 2.05) is 30.3 Å². The fourth-order valence-electron chi connectivity index (χ4n) is 2.78. The molecular weight excluding hydrogens is 382 g/mol. The summed E-state index contributed by atoms with van der Waals surface area (Å²) in [6, 6.07) is 20.1. The number of benzene rings is 3. The Morgan fingerprint density at radius 2 is 1.63 bits per heavy atom. The molecule has 0 aromatic heterocycles. The summed E-state index contributed by atoms with van der Waals surface area (Å²) in [7, 11) is 3.09. The summed E-state index contributed by atoms with van der Waals surface area (Å²) in [6.07, 6.45) is 1.49. The standard InChI is InChI=1S/C23H23N3O4/c1-28-20-12-17(14-25-26-23(27)18-10-6-7-11-19(18)24)13-21(29-2)22(20)30-15-16-8-4-3-5-9-16/h3-14H,15,24H2,1-2H3,(H,26,27)/b25-14-. The molecule has 0 bridgehead atoms. The molecule has 3 aromatic carbocycles. The van der Waals surface area contributed by atoms with Gasteiger partial charge in [-0.25, -0.2) is 5.43 Å². The van der Waals surface area contributed by atoms with Crippen LogP contribution in [-0.4, -0.2) is 26.3 Å². The van der Waals surface area contributed by atoms with Gasteiger partial charge < -0.3 is 19.9 Å². The third-order valence-electron chi connectivity index (χ3n) is 4.29. The highest BCUT2D eigenvalue weighted by molar-refractivity contribution is 5.99. The minimum absolute atomic E-state index is 0.356. The lowest BCUT2D eigenvalue weighted by Gasteiger charge is -2.15. The molecule has 7 nitrogen and oxygen atoms in total. The lowest BCUT2D eigenvalue weighted by molar-refractivity contribution is 0.0956. The lowest BCUT2D eigenvalue weighted by atomic mass is 10.2. The van der Waals surface area contributed by atoms with Crippen molar-refractivity contribution >= 4 is 17.8 Å². The minimum atomic E-state index is -0.397. The molecule has 0 aliphatic heterocycles. The van der Waals surface area contributed by atoms with Crippen LogP contribution < -0.4 is 25.4 Å². The Labute approximate surface area is 175 Å². The summed E-state index contributed by atoms with van der Waals surface area (Å²) in [5.74, 6) is 1.07. The molecular formula is C23H23N3O4. The van der Waals surface area contributed by atoms with Gasteiger partial charge in [0.2, 0.25) is 5.75 Å². The molecule has 30 heavy (non-hydrogen) atoms. The highest BCUT2D eigenvalue weighted by Gasteiger charge is 2.14. The van der Waals surface area contributed by atoms with Crippen LogP contribution >= 0.6 is 0 Å². The van der Waals surface area contributed by atoms with E-state index in [2.05, 4.69) is 10.5 Å². The third-order valence-corrected chi connectivity index (χ3v) is 4.29. The van der Waals surface area contributed by atoms with Crippen LogP contribution in [0.15, 0.2) is 71.8 Å². The molecule has 1 amide bonds. The maximum absolute atomic E-state index is 12.2. The number of anilines is 1. The largest absolute Gasteiger partial charge is 0.493 e. The number of rotatable bonds is 8. The van der Waals surface area contributed by atoms with Gasteiger partial charge in [-0.15, -0.1) is 0 Å². The quantitative estimate of drug-likeness (QED) is 0.339. The molecule has 3 aromatic rings. The summed E-state index contributed by atoms with van der Waals surface area (Å²) < 4.78 is 16.8. The van der Waals surface area contributed by atoms with E-state index in [1.165, 1.54) is 6.21 Å². The van der Waals surface area contributed by atoms with Gasteiger partial charge in [0.1, 0.15) is 6.61 Å². The van der Waals surface area contributed by atoms with Crippen molar-refractivity contribution in [2.75, 3.05) is 20.0 Å². The fourth-order valence-corrected chi connectivity index (χ4v) is 2.78. The van der Waals surface area contributed by atoms with E-state index in [1.54, 1.807) is 50.6 Å². The molecule has 0 atom stereocenters. The van der Waals surface area contributed by atoms with Gasteiger partial charge in [0, 0.05) is 11.3 Å². The Bertz CT molecular complexity index is 1010. The van der Waals surface area contributed by atoms with E-state index >= 15 is 0 Å². The van der Waals surface area contributed by atoms with E-state index in [0.717, 1.165) is 5.56 Å². The molecule has 0 heterocycles. The maximum atomic E-state index is 12.2. The van der Waals surface area contributed by atoms with Gasteiger partial charge in [-0.1, -0.05) is 42.5 Å². The first-order valence-corrected chi connectivity index (χ1v) is 9.23. The van der Waals surface area contributed by atoms with E-state index in [-0.39, 0.29) is 0 Å². The van der Waals surface area contributed by atoms with Crippen molar-refractivity contribution in [3.05, 3.63) is 83.4 Å². The molecule has 0 spiro atoms. The Hall–Kier alpha value is -4.00. The molecule has 7 heteroatoms. The summed E-state index contributed by atoms with van der Waals surface area (Å²) in [4.78, 5) is 12.2. The normalized spacial score (nSPS) is 10.6. The molecule has 154 valence electrons. The van der Waals surface area contributed by atoms with Crippen LogP contribution in [0, 0.1) is 0 Å². The molecule has 0 aliphatic carbocycles. The zero-order chi connectivity index (χ0) is 21.3. The smallest absolute Gasteiger partial charge is 0.273 e. The van der Waals surface area contributed by atoms with Crippen LogP contribution in [0.25, 0.3) is 0 Å². The first kappa shape index (κ1) is 20.7. The van der Waals surface area contributed by atoms with Crippen LogP contribution in [0.3, 0.4) is 0 Å². The monoisotopic (exact) mass is 405 g/mol. The zero-order valence-electron chi connectivity index (χ0n) is 16.8. The number of nitrogen functional groups attached to an aromatic ring is 1. The number of nitrogens with two attached hydrogens (primary N) is 1. The summed E-state index contributed by atoms with van der Waals surface area (Å²) in [5.41, 5.74) is 10.7. The second kappa shape index (κ2) is 9.97. The zero-order valence-corrected chi connectivity index (χ0v) is 16.8. The number of ether oxygens (including phenoxy) is 3. The number of methoxy groups -OCH3 is 2. The van der Waals surface area contributed by atoms with E-state index in [0.29, 0.717) is 40.7 Å². The predicted molar refractivity (Wildman–Crippen MR) is 116 cm³/mol.